The molecule has 0 radical (unpaired) electrons. The highest BCUT2D eigenvalue weighted by atomic mass is 32.2. The lowest BCUT2D eigenvalue weighted by Gasteiger charge is -2.26. The van der Waals surface area contributed by atoms with Gasteiger partial charge in [-0.15, -0.1) is 10.2 Å². The molecule has 2 N–H and O–H groups in total. The molecule has 1 fully saturated rings. The lowest BCUT2D eigenvalue weighted by Crippen LogP contribution is -2.41. The Morgan fingerprint density at radius 3 is 2.61 bits per heavy atom. The van der Waals surface area contributed by atoms with E-state index < -0.39 is 11.9 Å². The van der Waals surface area contributed by atoms with Crippen LogP contribution in [0.5, 0.6) is 0 Å². The van der Waals surface area contributed by atoms with Gasteiger partial charge >= 0.3 is 6.03 Å². The molecule has 2 heterocycles. The Labute approximate surface area is 184 Å². The molecule has 1 aliphatic heterocycles. The molecule has 1 aliphatic rings. The number of rotatable bonds is 9. The van der Waals surface area contributed by atoms with Crippen molar-refractivity contribution in [3.8, 4) is 5.69 Å². The molecule has 1 aromatic heterocycles. The van der Waals surface area contributed by atoms with Gasteiger partial charge in [-0.25, -0.2) is 9.18 Å². The van der Waals surface area contributed by atoms with Crippen molar-refractivity contribution in [1.29, 1.82) is 0 Å². The molecule has 2 aromatic rings. The molecule has 11 heteroatoms. The molecule has 3 amide bonds. The Balaban J connectivity index is 1.68. The summed E-state index contributed by atoms with van der Waals surface area (Å²) in [5, 5.41) is 13.9. The zero-order chi connectivity index (χ0) is 22.1. The molecule has 1 aromatic carbocycles. The van der Waals surface area contributed by atoms with Crippen LogP contribution in [0.15, 0.2) is 29.4 Å². The third-order valence-electron chi connectivity index (χ3n) is 4.78. The van der Waals surface area contributed by atoms with Gasteiger partial charge in [-0.05, 0) is 50.2 Å². The van der Waals surface area contributed by atoms with Gasteiger partial charge in [0.05, 0.1) is 18.9 Å². The van der Waals surface area contributed by atoms with Gasteiger partial charge in [0, 0.05) is 19.3 Å². The summed E-state index contributed by atoms with van der Waals surface area (Å²) in [4.78, 5) is 26.2. The van der Waals surface area contributed by atoms with E-state index in [2.05, 4.69) is 25.7 Å². The highest BCUT2D eigenvalue weighted by molar-refractivity contribution is 7.99. The maximum atomic E-state index is 13.4. The maximum absolute atomic E-state index is 13.4. The molecule has 1 saturated heterocycles. The summed E-state index contributed by atoms with van der Waals surface area (Å²) in [5.41, 5.74) is 0.721. The Bertz CT molecular complexity index is 870. The lowest BCUT2D eigenvalue weighted by molar-refractivity contribution is -0.117. The number of carbonyl (C=O) groups excluding carboxylic acids is 2. The summed E-state index contributed by atoms with van der Waals surface area (Å²) in [6, 6.07) is 5.50. The molecule has 0 spiro atoms. The van der Waals surface area contributed by atoms with E-state index in [1.807, 2.05) is 4.57 Å². The van der Waals surface area contributed by atoms with E-state index >= 15 is 0 Å². The summed E-state index contributed by atoms with van der Waals surface area (Å²) >= 11 is 1.17. The summed E-state index contributed by atoms with van der Waals surface area (Å²) in [5.74, 6) is -0.0665. The number of nitrogens with zero attached hydrogens (tertiary/aromatic N) is 4. The van der Waals surface area contributed by atoms with Crippen LogP contribution in [-0.4, -0.2) is 70.7 Å². The largest absolute Gasteiger partial charge is 0.383 e. The average Bonchev–Trinajstić information content (AvgIpc) is 3.16. The van der Waals surface area contributed by atoms with E-state index in [4.69, 9.17) is 4.74 Å². The highest BCUT2D eigenvalue weighted by Gasteiger charge is 2.20. The number of ether oxygens (including phenoxy) is 1. The Morgan fingerprint density at radius 1 is 1.16 bits per heavy atom. The molecule has 0 saturated carbocycles. The minimum absolute atomic E-state index is 0.0132. The first-order chi connectivity index (χ1) is 15.1. The minimum atomic E-state index is -0.576. The monoisotopic (exact) mass is 450 g/mol. The highest BCUT2D eigenvalue weighted by Crippen LogP contribution is 2.24. The maximum Gasteiger partial charge on any atom is 0.321 e. The van der Waals surface area contributed by atoms with Gasteiger partial charge in [0.15, 0.2) is 11.0 Å². The number of halogens is 1. The fraction of sp³-hybridized carbons (Fsp3) is 0.500. The standard InChI is InChI=1S/C20H27FN6O3S/c1-30-12-9-22-19(29)23-18(28)14-31-20-25-24-17(13-26-10-3-2-4-11-26)27(20)16-7-5-15(21)6-8-16/h5-8H,2-4,9-14H2,1H3,(H2,22,23,28,29). The van der Waals surface area contributed by atoms with E-state index in [9.17, 15) is 14.0 Å². The van der Waals surface area contributed by atoms with Crippen molar-refractivity contribution < 1.29 is 18.7 Å². The molecule has 0 aliphatic carbocycles. The van der Waals surface area contributed by atoms with Gasteiger partial charge in [-0.3, -0.25) is 19.6 Å². The van der Waals surface area contributed by atoms with Gasteiger partial charge < -0.3 is 10.1 Å². The summed E-state index contributed by atoms with van der Waals surface area (Å²) in [6.45, 7) is 3.29. The van der Waals surface area contributed by atoms with Crippen molar-refractivity contribution in [1.82, 2.24) is 30.3 Å². The van der Waals surface area contributed by atoms with Crippen LogP contribution in [0.1, 0.15) is 25.1 Å². The van der Waals surface area contributed by atoms with Crippen LogP contribution in [0.2, 0.25) is 0 Å². The number of aromatic nitrogens is 3. The second-order valence-electron chi connectivity index (χ2n) is 7.13. The van der Waals surface area contributed by atoms with Crippen molar-refractivity contribution in [2.24, 2.45) is 0 Å². The van der Waals surface area contributed by atoms with Crippen LogP contribution >= 0.6 is 11.8 Å². The van der Waals surface area contributed by atoms with Crippen molar-refractivity contribution in [3.05, 3.63) is 35.9 Å². The first-order valence-electron chi connectivity index (χ1n) is 10.2. The zero-order valence-electron chi connectivity index (χ0n) is 17.5. The third kappa shape index (κ3) is 7.01. The van der Waals surface area contributed by atoms with Crippen LogP contribution in [0, 0.1) is 5.82 Å². The van der Waals surface area contributed by atoms with Crippen molar-refractivity contribution in [2.45, 2.75) is 31.0 Å². The fourth-order valence-corrected chi connectivity index (χ4v) is 4.04. The van der Waals surface area contributed by atoms with Crippen LogP contribution in [0.25, 0.3) is 5.69 Å². The van der Waals surface area contributed by atoms with Gasteiger partial charge in [0.2, 0.25) is 5.91 Å². The number of urea groups is 1. The molecular formula is C20H27FN6O3S. The van der Waals surface area contributed by atoms with Gasteiger partial charge in [0.1, 0.15) is 5.82 Å². The van der Waals surface area contributed by atoms with Crippen LogP contribution in [-0.2, 0) is 16.1 Å². The Morgan fingerprint density at radius 2 is 1.90 bits per heavy atom. The first kappa shape index (κ1) is 23.2. The number of likely N-dealkylation sites (tertiary alicyclic amines) is 1. The Kier molecular flexibility index (Phi) is 8.80. The number of methoxy groups -OCH3 is 1. The van der Waals surface area contributed by atoms with E-state index in [0.717, 1.165) is 37.4 Å². The number of amides is 3. The number of imide groups is 1. The van der Waals surface area contributed by atoms with Crippen molar-refractivity contribution in [3.63, 3.8) is 0 Å². The second-order valence-corrected chi connectivity index (χ2v) is 8.08. The molecule has 0 bridgehead atoms. The second kappa shape index (κ2) is 11.8. The van der Waals surface area contributed by atoms with Gasteiger partial charge in [-0.1, -0.05) is 18.2 Å². The van der Waals surface area contributed by atoms with Gasteiger partial charge in [-0.2, -0.15) is 0 Å². The van der Waals surface area contributed by atoms with Crippen molar-refractivity contribution in [2.75, 3.05) is 39.1 Å². The topological polar surface area (TPSA) is 101 Å². The van der Waals surface area contributed by atoms with Crippen LogP contribution < -0.4 is 10.6 Å². The number of piperidine rings is 1. The molecular weight excluding hydrogens is 423 g/mol. The van der Waals surface area contributed by atoms with E-state index in [1.165, 1.54) is 37.4 Å². The summed E-state index contributed by atoms with van der Waals surface area (Å²) in [7, 11) is 1.53. The Hall–Kier alpha value is -2.50. The van der Waals surface area contributed by atoms with Gasteiger partial charge in [0.25, 0.3) is 0 Å². The van der Waals surface area contributed by atoms with E-state index in [-0.39, 0.29) is 11.6 Å². The number of hydrogen-bond acceptors (Lipinski definition) is 7. The minimum Gasteiger partial charge on any atom is -0.383 e. The van der Waals surface area contributed by atoms with Crippen LogP contribution in [0.4, 0.5) is 9.18 Å². The van der Waals surface area contributed by atoms with E-state index in [0.29, 0.717) is 24.9 Å². The fourth-order valence-electron chi connectivity index (χ4n) is 3.27. The molecule has 3 rings (SSSR count). The summed E-state index contributed by atoms with van der Waals surface area (Å²) in [6.07, 6.45) is 3.54. The SMILES string of the molecule is COCCNC(=O)NC(=O)CSc1nnc(CN2CCCCC2)n1-c1ccc(F)cc1. The quantitative estimate of drug-likeness (QED) is 0.445. The zero-order valence-corrected chi connectivity index (χ0v) is 18.3. The molecule has 31 heavy (non-hydrogen) atoms. The lowest BCUT2D eigenvalue weighted by atomic mass is 10.1. The average molecular weight is 451 g/mol. The number of hydrogen-bond donors (Lipinski definition) is 2. The third-order valence-corrected chi connectivity index (χ3v) is 5.70. The number of carbonyl (C=O) groups is 2. The molecule has 168 valence electrons. The van der Waals surface area contributed by atoms with Crippen molar-refractivity contribution >= 4 is 23.7 Å². The number of nitrogens with one attached hydrogen (secondary N) is 2. The predicted octanol–water partition coefficient (Wildman–Crippen LogP) is 1.96. The number of thioether (sulfide) groups is 1. The molecule has 9 nitrogen and oxygen atoms in total. The summed E-state index contributed by atoms with van der Waals surface area (Å²) < 4.78 is 20.1. The number of benzene rings is 1. The van der Waals surface area contributed by atoms with E-state index in [1.54, 1.807) is 12.1 Å². The normalized spacial score (nSPS) is 14.4. The smallest absolute Gasteiger partial charge is 0.321 e. The molecule has 0 atom stereocenters. The van der Waals surface area contributed by atoms with Crippen LogP contribution in [0.3, 0.4) is 0 Å². The molecule has 0 unspecified atom stereocenters. The predicted molar refractivity (Wildman–Crippen MR) is 115 cm³/mol. The first-order valence-corrected chi connectivity index (χ1v) is 11.2.